The average Bonchev–Trinajstić information content (AvgIpc) is 1.65. The van der Waals surface area contributed by atoms with Crippen LogP contribution in [0.2, 0.25) is 0 Å². The van der Waals surface area contributed by atoms with Crippen molar-refractivity contribution < 1.29 is 4.79 Å². The molecule has 1 amide bonds. The van der Waals surface area contributed by atoms with Gasteiger partial charge in [0.15, 0.2) is 0 Å². The van der Waals surface area contributed by atoms with Crippen molar-refractivity contribution in [1.29, 1.82) is 0 Å². The maximum Gasteiger partial charge on any atom is 0.235 e. The monoisotopic (exact) mass is 129 g/mol. The van der Waals surface area contributed by atoms with E-state index in [0.29, 0.717) is 0 Å². The third-order valence-corrected chi connectivity index (χ3v) is 1.16. The van der Waals surface area contributed by atoms with Crippen LogP contribution >= 0.6 is 0 Å². The molecule has 0 aromatic heterocycles. The van der Waals surface area contributed by atoms with Gasteiger partial charge in [0.2, 0.25) is 5.91 Å². The van der Waals surface area contributed by atoms with E-state index in [9.17, 15) is 4.79 Å². The molecule has 46 valence electrons. The van der Waals surface area contributed by atoms with Crippen LogP contribution in [0.1, 0.15) is 13.8 Å². The molecule has 0 rings (SSSR count). The molecule has 0 saturated carbocycles. The summed E-state index contributed by atoms with van der Waals surface area (Å²) in [6.07, 6.45) is 1.59. The summed E-state index contributed by atoms with van der Waals surface area (Å²) < 4.78 is 0. The largest absolute Gasteiger partial charge is 0.387 e. The first-order chi connectivity index (χ1) is 3.66. The van der Waals surface area contributed by atoms with Crippen LogP contribution in [0.25, 0.3) is 0 Å². The SMILES string of the molecule is CC(C)=CC(=O)N[SiH3]. The summed E-state index contributed by atoms with van der Waals surface area (Å²) in [7, 11) is 0.734. The minimum absolute atomic E-state index is 0.0247. The predicted molar refractivity (Wildman–Crippen MR) is 37.5 cm³/mol. The Morgan fingerprint density at radius 2 is 2.12 bits per heavy atom. The molecule has 0 aliphatic heterocycles. The number of allylic oxidation sites excluding steroid dienone is 1. The normalized spacial score (nSPS) is 8.25. The van der Waals surface area contributed by atoms with Crippen molar-refractivity contribution >= 4 is 16.3 Å². The Labute approximate surface area is 52.5 Å². The van der Waals surface area contributed by atoms with Crippen LogP contribution in [0.3, 0.4) is 0 Å². The van der Waals surface area contributed by atoms with Gasteiger partial charge in [0, 0.05) is 6.08 Å². The maximum atomic E-state index is 10.5. The molecule has 0 aliphatic rings. The van der Waals surface area contributed by atoms with Gasteiger partial charge in [0.1, 0.15) is 10.4 Å². The van der Waals surface area contributed by atoms with Crippen LogP contribution in [0.4, 0.5) is 0 Å². The first-order valence-corrected chi connectivity index (χ1v) is 3.53. The minimum atomic E-state index is 0.0247. The van der Waals surface area contributed by atoms with Gasteiger partial charge in [-0.3, -0.25) is 4.79 Å². The van der Waals surface area contributed by atoms with E-state index in [1.54, 1.807) is 6.08 Å². The van der Waals surface area contributed by atoms with Gasteiger partial charge in [-0.05, 0) is 13.8 Å². The van der Waals surface area contributed by atoms with Crippen LogP contribution in [0.5, 0.6) is 0 Å². The summed E-state index contributed by atoms with van der Waals surface area (Å²) in [5.41, 5.74) is 1.04. The minimum Gasteiger partial charge on any atom is -0.387 e. The van der Waals surface area contributed by atoms with Crippen LogP contribution in [-0.4, -0.2) is 16.3 Å². The zero-order valence-corrected chi connectivity index (χ0v) is 7.49. The number of carbonyl (C=O) groups excluding carboxylic acids is 1. The van der Waals surface area contributed by atoms with Crippen LogP contribution < -0.4 is 4.98 Å². The molecule has 0 aromatic carbocycles. The Balaban J connectivity index is 3.70. The van der Waals surface area contributed by atoms with Crippen molar-refractivity contribution in [3.63, 3.8) is 0 Å². The molecule has 0 aliphatic carbocycles. The van der Waals surface area contributed by atoms with E-state index >= 15 is 0 Å². The highest BCUT2D eigenvalue weighted by molar-refractivity contribution is 6.16. The summed E-state index contributed by atoms with van der Waals surface area (Å²) >= 11 is 0. The van der Waals surface area contributed by atoms with Crippen molar-refractivity contribution in [1.82, 2.24) is 4.98 Å². The molecule has 1 N–H and O–H groups in total. The number of nitrogens with one attached hydrogen (secondary N) is 1. The average molecular weight is 129 g/mol. The van der Waals surface area contributed by atoms with Gasteiger partial charge in [0.25, 0.3) is 0 Å². The van der Waals surface area contributed by atoms with Crippen molar-refractivity contribution in [2.75, 3.05) is 0 Å². The summed E-state index contributed by atoms with van der Waals surface area (Å²) in [4.78, 5) is 13.1. The van der Waals surface area contributed by atoms with Crippen molar-refractivity contribution in [2.24, 2.45) is 0 Å². The van der Waals surface area contributed by atoms with Gasteiger partial charge in [-0.25, -0.2) is 0 Å². The van der Waals surface area contributed by atoms with Gasteiger partial charge in [-0.15, -0.1) is 0 Å². The fraction of sp³-hybridized carbons (Fsp3) is 0.400. The molecular formula is C5H11NOSi. The number of hydrogen-bond donors (Lipinski definition) is 1. The van der Waals surface area contributed by atoms with E-state index in [0.717, 1.165) is 16.0 Å². The highest BCUT2D eigenvalue weighted by atomic mass is 28.2. The standard InChI is InChI=1S/C5H11NOSi/c1-4(2)3-5(7)6-8/h3H,1-2,8H3,(H,6,7). The fourth-order valence-corrected chi connectivity index (χ4v) is 0.479. The number of hydrogen-bond acceptors (Lipinski definition) is 1. The first-order valence-electron chi connectivity index (χ1n) is 2.53. The molecule has 2 nitrogen and oxygen atoms in total. The third-order valence-electron chi connectivity index (χ3n) is 0.666. The second kappa shape index (κ2) is 3.43. The zero-order valence-electron chi connectivity index (χ0n) is 5.49. The van der Waals surface area contributed by atoms with Crippen LogP contribution in [-0.2, 0) is 4.79 Å². The molecule has 0 fully saturated rings. The van der Waals surface area contributed by atoms with Gasteiger partial charge in [-0.1, -0.05) is 5.57 Å². The number of rotatable bonds is 1. The maximum absolute atomic E-state index is 10.5. The number of amides is 1. The molecule has 0 spiro atoms. The lowest BCUT2D eigenvalue weighted by molar-refractivity contribution is -0.114. The molecule has 0 saturated heterocycles. The molecule has 0 atom stereocenters. The molecule has 0 bridgehead atoms. The Kier molecular flexibility index (Phi) is 3.19. The third kappa shape index (κ3) is 3.61. The topological polar surface area (TPSA) is 29.1 Å². The smallest absolute Gasteiger partial charge is 0.235 e. The Hall–Kier alpha value is -0.573. The van der Waals surface area contributed by atoms with E-state index in [4.69, 9.17) is 0 Å². The zero-order chi connectivity index (χ0) is 6.57. The number of carbonyl (C=O) groups is 1. The summed E-state index contributed by atoms with van der Waals surface area (Å²) in [6.45, 7) is 3.80. The van der Waals surface area contributed by atoms with Gasteiger partial charge in [0.05, 0.1) is 0 Å². The van der Waals surface area contributed by atoms with E-state index in [1.807, 2.05) is 13.8 Å². The molecule has 0 radical (unpaired) electrons. The molecule has 0 unspecified atom stereocenters. The molecular weight excluding hydrogens is 118 g/mol. The quantitative estimate of drug-likeness (QED) is 0.370. The summed E-state index contributed by atoms with van der Waals surface area (Å²) in [5, 5.41) is 0. The van der Waals surface area contributed by atoms with Crippen molar-refractivity contribution in [2.45, 2.75) is 13.8 Å². The second-order valence-corrected chi connectivity index (χ2v) is 2.34. The fourth-order valence-electron chi connectivity index (χ4n) is 0.334. The van der Waals surface area contributed by atoms with Crippen molar-refractivity contribution in [3.8, 4) is 0 Å². The lowest BCUT2D eigenvalue weighted by Crippen LogP contribution is -2.16. The summed E-state index contributed by atoms with van der Waals surface area (Å²) in [5.74, 6) is 0.0247. The Bertz CT molecular complexity index is 116. The van der Waals surface area contributed by atoms with E-state index in [1.165, 1.54) is 0 Å². The highest BCUT2D eigenvalue weighted by Gasteiger charge is 1.86. The second-order valence-electron chi connectivity index (χ2n) is 1.84. The van der Waals surface area contributed by atoms with E-state index < -0.39 is 0 Å². The van der Waals surface area contributed by atoms with Gasteiger partial charge >= 0.3 is 0 Å². The molecule has 3 heteroatoms. The predicted octanol–water partition coefficient (Wildman–Crippen LogP) is -0.651. The molecule has 0 aromatic rings. The Morgan fingerprint density at radius 3 is 2.25 bits per heavy atom. The van der Waals surface area contributed by atoms with Crippen LogP contribution in [0, 0.1) is 0 Å². The first kappa shape index (κ1) is 7.43. The van der Waals surface area contributed by atoms with Crippen molar-refractivity contribution in [3.05, 3.63) is 11.6 Å². The van der Waals surface area contributed by atoms with E-state index in [2.05, 4.69) is 4.98 Å². The lowest BCUT2D eigenvalue weighted by atomic mass is 10.3. The highest BCUT2D eigenvalue weighted by Crippen LogP contribution is 1.85. The molecule has 0 heterocycles. The van der Waals surface area contributed by atoms with Gasteiger partial charge < -0.3 is 4.98 Å². The van der Waals surface area contributed by atoms with Gasteiger partial charge in [-0.2, -0.15) is 0 Å². The summed E-state index contributed by atoms with van der Waals surface area (Å²) in [6, 6.07) is 0. The Morgan fingerprint density at radius 1 is 1.62 bits per heavy atom. The lowest BCUT2D eigenvalue weighted by Gasteiger charge is -1.89. The molecule has 8 heavy (non-hydrogen) atoms. The van der Waals surface area contributed by atoms with Crippen LogP contribution in [0.15, 0.2) is 11.6 Å². The van der Waals surface area contributed by atoms with E-state index in [-0.39, 0.29) is 5.91 Å².